The summed E-state index contributed by atoms with van der Waals surface area (Å²) in [5.74, 6) is 1.15. The predicted octanol–water partition coefficient (Wildman–Crippen LogP) is 1.61. The van der Waals surface area contributed by atoms with Crippen LogP contribution in [0.5, 0.6) is 0 Å². The standard InChI is InChI=1S/C14H17N3O2/c1-10-2-4-11(5-3-10)14-16-15-13(19-14)9-17-7-6-12(18)8-17/h2-5,12,18H,6-9H2,1H3. The van der Waals surface area contributed by atoms with E-state index in [1.54, 1.807) is 0 Å². The van der Waals surface area contributed by atoms with Crippen LogP contribution >= 0.6 is 0 Å². The van der Waals surface area contributed by atoms with Gasteiger partial charge in [0.15, 0.2) is 0 Å². The van der Waals surface area contributed by atoms with Crippen molar-refractivity contribution in [3.63, 3.8) is 0 Å². The molecule has 0 saturated carbocycles. The molecule has 1 atom stereocenters. The molecule has 1 unspecified atom stereocenters. The lowest BCUT2D eigenvalue weighted by Gasteiger charge is -2.10. The molecule has 1 aliphatic heterocycles. The highest BCUT2D eigenvalue weighted by Crippen LogP contribution is 2.19. The Morgan fingerprint density at radius 1 is 1.32 bits per heavy atom. The number of aromatic nitrogens is 2. The van der Waals surface area contributed by atoms with Crippen molar-refractivity contribution in [2.24, 2.45) is 0 Å². The van der Waals surface area contributed by atoms with Crippen LogP contribution in [-0.2, 0) is 6.54 Å². The third-order valence-corrected chi connectivity index (χ3v) is 3.37. The van der Waals surface area contributed by atoms with E-state index in [1.807, 2.05) is 31.2 Å². The predicted molar refractivity (Wildman–Crippen MR) is 70.4 cm³/mol. The van der Waals surface area contributed by atoms with Gasteiger partial charge >= 0.3 is 0 Å². The largest absolute Gasteiger partial charge is 0.419 e. The van der Waals surface area contributed by atoms with Crippen molar-refractivity contribution >= 4 is 0 Å². The number of hydrogen-bond acceptors (Lipinski definition) is 5. The number of β-amino-alcohol motifs (C(OH)–C–C–N with tert-alkyl or cyclic N) is 1. The summed E-state index contributed by atoms with van der Waals surface area (Å²) < 4.78 is 5.66. The van der Waals surface area contributed by atoms with E-state index in [2.05, 4.69) is 15.1 Å². The number of aryl methyl sites for hydroxylation is 1. The normalized spacial score (nSPS) is 20.0. The second-order valence-electron chi connectivity index (χ2n) is 5.04. The van der Waals surface area contributed by atoms with Gasteiger partial charge in [-0.25, -0.2) is 0 Å². The average molecular weight is 259 g/mol. The van der Waals surface area contributed by atoms with Gasteiger partial charge in [0.05, 0.1) is 12.6 Å². The van der Waals surface area contributed by atoms with E-state index in [9.17, 15) is 5.11 Å². The van der Waals surface area contributed by atoms with Crippen LogP contribution in [-0.4, -0.2) is 39.4 Å². The molecule has 1 aromatic carbocycles. The van der Waals surface area contributed by atoms with Gasteiger partial charge in [-0.15, -0.1) is 10.2 Å². The summed E-state index contributed by atoms with van der Waals surface area (Å²) in [5.41, 5.74) is 2.14. The zero-order chi connectivity index (χ0) is 13.2. The molecule has 1 fully saturated rings. The minimum absolute atomic E-state index is 0.223. The minimum atomic E-state index is -0.223. The molecule has 1 aliphatic rings. The third kappa shape index (κ3) is 2.83. The summed E-state index contributed by atoms with van der Waals surface area (Å²) in [4.78, 5) is 2.12. The SMILES string of the molecule is Cc1ccc(-c2nnc(CN3CCC(O)C3)o2)cc1. The first-order valence-corrected chi connectivity index (χ1v) is 6.50. The van der Waals surface area contributed by atoms with Gasteiger partial charge in [-0.2, -0.15) is 0 Å². The van der Waals surface area contributed by atoms with Gasteiger partial charge in [-0.1, -0.05) is 17.7 Å². The summed E-state index contributed by atoms with van der Waals surface area (Å²) in [6, 6.07) is 8.00. The molecular formula is C14H17N3O2. The molecule has 0 bridgehead atoms. The Hall–Kier alpha value is -1.72. The van der Waals surface area contributed by atoms with Gasteiger partial charge in [0.25, 0.3) is 0 Å². The molecule has 3 rings (SSSR count). The molecule has 5 nitrogen and oxygen atoms in total. The van der Waals surface area contributed by atoms with Gasteiger partial charge in [-0.05, 0) is 25.5 Å². The molecule has 2 aromatic rings. The van der Waals surface area contributed by atoms with Crippen LogP contribution in [0.25, 0.3) is 11.5 Å². The molecule has 0 aliphatic carbocycles. The molecule has 1 saturated heterocycles. The molecule has 100 valence electrons. The second-order valence-corrected chi connectivity index (χ2v) is 5.04. The number of aliphatic hydroxyl groups excluding tert-OH is 1. The van der Waals surface area contributed by atoms with Crippen molar-refractivity contribution in [1.82, 2.24) is 15.1 Å². The summed E-state index contributed by atoms with van der Waals surface area (Å²) in [6.07, 6.45) is 0.596. The number of nitrogens with zero attached hydrogens (tertiary/aromatic N) is 3. The Bertz CT molecular complexity index is 550. The summed E-state index contributed by atoms with van der Waals surface area (Å²) in [6.45, 7) is 4.21. The van der Waals surface area contributed by atoms with Crippen molar-refractivity contribution in [3.05, 3.63) is 35.7 Å². The van der Waals surface area contributed by atoms with Crippen LogP contribution in [0.15, 0.2) is 28.7 Å². The molecule has 1 N–H and O–H groups in total. The van der Waals surface area contributed by atoms with E-state index in [1.165, 1.54) is 5.56 Å². The van der Waals surface area contributed by atoms with Crippen molar-refractivity contribution in [2.45, 2.75) is 26.0 Å². The number of aliphatic hydroxyl groups is 1. The lowest BCUT2D eigenvalue weighted by Crippen LogP contribution is -2.21. The Kier molecular flexibility index (Phi) is 3.31. The maximum Gasteiger partial charge on any atom is 0.247 e. The van der Waals surface area contributed by atoms with Crippen LogP contribution in [0.4, 0.5) is 0 Å². The highest BCUT2D eigenvalue weighted by molar-refractivity contribution is 5.52. The lowest BCUT2D eigenvalue weighted by molar-refractivity contribution is 0.171. The molecule has 5 heteroatoms. The van der Waals surface area contributed by atoms with E-state index in [-0.39, 0.29) is 6.10 Å². The van der Waals surface area contributed by atoms with Gasteiger partial charge in [-0.3, -0.25) is 4.90 Å². The maximum absolute atomic E-state index is 9.48. The number of rotatable bonds is 3. The fourth-order valence-corrected chi connectivity index (χ4v) is 2.28. The van der Waals surface area contributed by atoms with Crippen molar-refractivity contribution < 1.29 is 9.52 Å². The quantitative estimate of drug-likeness (QED) is 0.907. The fourth-order valence-electron chi connectivity index (χ4n) is 2.28. The zero-order valence-electron chi connectivity index (χ0n) is 10.9. The minimum Gasteiger partial charge on any atom is -0.419 e. The Morgan fingerprint density at radius 3 is 2.79 bits per heavy atom. The number of benzene rings is 1. The van der Waals surface area contributed by atoms with E-state index in [4.69, 9.17) is 4.42 Å². The summed E-state index contributed by atoms with van der Waals surface area (Å²) in [7, 11) is 0. The molecule has 0 radical (unpaired) electrons. The fraction of sp³-hybridized carbons (Fsp3) is 0.429. The monoisotopic (exact) mass is 259 g/mol. The van der Waals surface area contributed by atoms with Crippen LogP contribution in [0.2, 0.25) is 0 Å². The summed E-state index contributed by atoms with van der Waals surface area (Å²) in [5, 5.41) is 17.6. The molecule has 19 heavy (non-hydrogen) atoms. The van der Waals surface area contributed by atoms with Crippen LogP contribution < -0.4 is 0 Å². The van der Waals surface area contributed by atoms with E-state index < -0.39 is 0 Å². The Balaban J connectivity index is 1.71. The number of hydrogen-bond donors (Lipinski definition) is 1. The van der Waals surface area contributed by atoms with Crippen molar-refractivity contribution in [3.8, 4) is 11.5 Å². The zero-order valence-corrected chi connectivity index (χ0v) is 10.9. The van der Waals surface area contributed by atoms with Crippen LogP contribution in [0.1, 0.15) is 17.9 Å². The smallest absolute Gasteiger partial charge is 0.247 e. The first-order valence-electron chi connectivity index (χ1n) is 6.50. The van der Waals surface area contributed by atoms with Gasteiger partial charge < -0.3 is 9.52 Å². The third-order valence-electron chi connectivity index (χ3n) is 3.37. The van der Waals surface area contributed by atoms with Crippen LogP contribution in [0, 0.1) is 6.92 Å². The molecule has 2 heterocycles. The average Bonchev–Trinajstić information content (AvgIpc) is 3.00. The highest BCUT2D eigenvalue weighted by atomic mass is 16.4. The van der Waals surface area contributed by atoms with E-state index in [0.29, 0.717) is 24.9 Å². The molecule has 0 spiro atoms. The molecular weight excluding hydrogens is 242 g/mol. The lowest BCUT2D eigenvalue weighted by atomic mass is 10.1. The van der Waals surface area contributed by atoms with Gasteiger partial charge in [0.2, 0.25) is 11.8 Å². The van der Waals surface area contributed by atoms with Crippen molar-refractivity contribution in [1.29, 1.82) is 0 Å². The topological polar surface area (TPSA) is 62.4 Å². The van der Waals surface area contributed by atoms with E-state index >= 15 is 0 Å². The van der Waals surface area contributed by atoms with E-state index in [0.717, 1.165) is 18.5 Å². The van der Waals surface area contributed by atoms with Gasteiger partial charge in [0.1, 0.15) is 0 Å². The van der Waals surface area contributed by atoms with Gasteiger partial charge in [0, 0.05) is 18.7 Å². The van der Waals surface area contributed by atoms with Crippen LogP contribution in [0.3, 0.4) is 0 Å². The molecule has 0 amide bonds. The van der Waals surface area contributed by atoms with Crippen molar-refractivity contribution in [2.75, 3.05) is 13.1 Å². The highest BCUT2D eigenvalue weighted by Gasteiger charge is 2.22. The first kappa shape index (κ1) is 12.3. The second kappa shape index (κ2) is 5.11. The maximum atomic E-state index is 9.48. The summed E-state index contributed by atoms with van der Waals surface area (Å²) >= 11 is 0. The number of likely N-dealkylation sites (tertiary alicyclic amines) is 1. The molecule has 1 aromatic heterocycles. The first-order chi connectivity index (χ1) is 9.20. The Labute approximate surface area is 111 Å². The Morgan fingerprint density at radius 2 is 2.11 bits per heavy atom.